The van der Waals surface area contributed by atoms with Crippen LogP contribution in [-0.4, -0.2) is 5.54 Å². The number of rotatable bonds is 1. The molecule has 0 amide bonds. The lowest BCUT2D eigenvalue weighted by molar-refractivity contribution is -0.845. The van der Waals surface area contributed by atoms with Crippen molar-refractivity contribution in [3.63, 3.8) is 0 Å². The molecule has 0 aliphatic carbocycles. The molecule has 0 rings (SSSR count). The molecule has 0 saturated heterocycles. The summed E-state index contributed by atoms with van der Waals surface area (Å²) in [5.41, 5.74) is -0.248. The SMILES string of the molecule is C=C[NH+]([O-])C(C)(C)C. The minimum Gasteiger partial charge on any atom is -0.629 e. The Kier molecular flexibility index (Phi) is 2.19. The molecule has 0 aliphatic rings. The van der Waals surface area contributed by atoms with Crippen molar-refractivity contribution in [2.24, 2.45) is 0 Å². The van der Waals surface area contributed by atoms with E-state index in [1.54, 1.807) is 0 Å². The lowest BCUT2D eigenvalue weighted by Crippen LogP contribution is -3.10. The number of hydrogen-bond acceptors (Lipinski definition) is 1. The van der Waals surface area contributed by atoms with E-state index < -0.39 is 0 Å². The first-order valence-electron chi connectivity index (χ1n) is 2.65. The molecule has 0 aromatic rings. The van der Waals surface area contributed by atoms with Gasteiger partial charge in [-0.1, -0.05) is 0 Å². The molecule has 0 radical (unpaired) electrons. The number of hydroxylamine groups is 2. The van der Waals surface area contributed by atoms with Crippen molar-refractivity contribution in [3.8, 4) is 0 Å². The van der Waals surface area contributed by atoms with Gasteiger partial charge in [-0.15, -0.1) is 0 Å². The van der Waals surface area contributed by atoms with Crippen LogP contribution in [0.3, 0.4) is 0 Å². The first kappa shape index (κ1) is 7.66. The molecule has 48 valence electrons. The van der Waals surface area contributed by atoms with Crippen LogP contribution < -0.4 is 5.06 Å². The number of nitrogens with one attached hydrogen (secondary N) is 1. The molecule has 1 atom stereocenters. The third-order valence-electron chi connectivity index (χ3n) is 0.925. The highest BCUT2D eigenvalue weighted by Gasteiger charge is 2.14. The van der Waals surface area contributed by atoms with Gasteiger partial charge < -0.3 is 10.3 Å². The van der Waals surface area contributed by atoms with Crippen LogP contribution in [0.5, 0.6) is 0 Å². The zero-order valence-corrected chi connectivity index (χ0v) is 5.69. The van der Waals surface area contributed by atoms with Crippen molar-refractivity contribution >= 4 is 0 Å². The summed E-state index contributed by atoms with van der Waals surface area (Å²) in [5, 5.41) is 10.8. The zero-order chi connectivity index (χ0) is 6.78. The van der Waals surface area contributed by atoms with Gasteiger partial charge in [0, 0.05) is 0 Å². The van der Waals surface area contributed by atoms with Crippen LogP contribution in [0.15, 0.2) is 12.8 Å². The van der Waals surface area contributed by atoms with Crippen molar-refractivity contribution < 1.29 is 5.06 Å². The Balaban J connectivity index is 3.80. The van der Waals surface area contributed by atoms with Gasteiger partial charge in [-0.25, -0.2) is 0 Å². The van der Waals surface area contributed by atoms with E-state index in [1.165, 1.54) is 6.20 Å². The van der Waals surface area contributed by atoms with Crippen LogP contribution in [0, 0.1) is 5.21 Å². The molecule has 0 aromatic carbocycles. The van der Waals surface area contributed by atoms with Crippen LogP contribution in [0.2, 0.25) is 0 Å². The van der Waals surface area contributed by atoms with Gasteiger partial charge in [-0.3, -0.25) is 0 Å². The summed E-state index contributed by atoms with van der Waals surface area (Å²) in [7, 11) is 0. The van der Waals surface area contributed by atoms with E-state index >= 15 is 0 Å². The molecule has 0 saturated carbocycles. The minimum absolute atomic E-state index is 0.0949. The highest BCUT2D eigenvalue weighted by molar-refractivity contribution is 4.61. The van der Waals surface area contributed by atoms with Crippen LogP contribution in [0.1, 0.15) is 20.8 Å². The first-order chi connectivity index (χ1) is 3.48. The average molecular weight is 115 g/mol. The topological polar surface area (TPSA) is 27.5 Å². The molecule has 0 aromatic heterocycles. The molecule has 0 spiro atoms. The smallest absolute Gasteiger partial charge is 0.0930 e. The molecule has 1 N–H and O–H groups in total. The molecule has 0 fully saturated rings. The maximum Gasteiger partial charge on any atom is 0.0930 e. The predicted molar refractivity (Wildman–Crippen MR) is 34.3 cm³/mol. The van der Waals surface area contributed by atoms with Gasteiger partial charge in [0.2, 0.25) is 0 Å². The Morgan fingerprint density at radius 1 is 1.50 bits per heavy atom. The van der Waals surface area contributed by atoms with Crippen molar-refractivity contribution in [1.82, 2.24) is 0 Å². The maximum absolute atomic E-state index is 10.7. The van der Waals surface area contributed by atoms with E-state index in [1.807, 2.05) is 20.8 Å². The van der Waals surface area contributed by atoms with Gasteiger partial charge in [0.05, 0.1) is 11.7 Å². The van der Waals surface area contributed by atoms with Crippen molar-refractivity contribution in [2.75, 3.05) is 0 Å². The van der Waals surface area contributed by atoms with Crippen molar-refractivity contribution in [1.29, 1.82) is 0 Å². The van der Waals surface area contributed by atoms with E-state index in [9.17, 15) is 5.21 Å². The Morgan fingerprint density at radius 2 is 1.88 bits per heavy atom. The van der Waals surface area contributed by atoms with E-state index in [2.05, 4.69) is 6.58 Å². The molecular weight excluding hydrogens is 102 g/mol. The minimum atomic E-state index is -0.248. The van der Waals surface area contributed by atoms with Crippen LogP contribution in [0.4, 0.5) is 0 Å². The normalized spacial score (nSPS) is 15.5. The molecule has 2 nitrogen and oxygen atoms in total. The Bertz CT molecular complexity index is 83.0. The van der Waals surface area contributed by atoms with Gasteiger partial charge in [-0.2, -0.15) is 0 Å². The van der Waals surface area contributed by atoms with Crippen LogP contribution >= 0.6 is 0 Å². The Labute approximate surface area is 50.4 Å². The predicted octanol–water partition coefficient (Wildman–Crippen LogP) is 0.311. The summed E-state index contributed by atoms with van der Waals surface area (Å²) in [6.45, 7) is 8.99. The second kappa shape index (κ2) is 2.29. The standard InChI is InChI=1S/C6H13NO/c1-5-7(8)6(2,3)4/h5,7H,1H2,2-4H3. The summed E-state index contributed by atoms with van der Waals surface area (Å²) in [6, 6.07) is 0. The van der Waals surface area contributed by atoms with Gasteiger partial charge >= 0.3 is 0 Å². The van der Waals surface area contributed by atoms with Crippen molar-refractivity contribution in [3.05, 3.63) is 18.0 Å². The summed E-state index contributed by atoms with van der Waals surface area (Å²) >= 11 is 0. The summed E-state index contributed by atoms with van der Waals surface area (Å²) in [4.78, 5) is 0. The molecule has 0 aliphatic heterocycles. The van der Waals surface area contributed by atoms with Crippen LogP contribution in [-0.2, 0) is 0 Å². The van der Waals surface area contributed by atoms with Crippen LogP contribution in [0.25, 0.3) is 0 Å². The first-order valence-corrected chi connectivity index (χ1v) is 2.65. The lowest BCUT2D eigenvalue weighted by Gasteiger charge is -2.31. The summed E-state index contributed by atoms with van der Waals surface area (Å²) in [6.07, 6.45) is 1.36. The van der Waals surface area contributed by atoms with E-state index in [0.717, 1.165) is 0 Å². The average Bonchev–Trinajstić information content (AvgIpc) is 1.62. The quantitative estimate of drug-likeness (QED) is 0.489. The zero-order valence-electron chi connectivity index (χ0n) is 5.69. The van der Waals surface area contributed by atoms with E-state index in [4.69, 9.17) is 0 Å². The Hall–Kier alpha value is -0.340. The Morgan fingerprint density at radius 3 is 1.88 bits per heavy atom. The molecule has 0 heterocycles. The largest absolute Gasteiger partial charge is 0.629 e. The monoisotopic (exact) mass is 115 g/mol. The van der Waals surface area contributed by atoms with Gasteiger partial charge in [0.15, 0.2) is 0 Å². The van der Waals surface area contributed by atoms with Gasteiger partial charge in [0.25, 0.3) is 0 Å². The van der Waals surface area contributed by atoms with Crippen molar-refractivity contribution in [2.45, 2.75) is 26.3 Å². The molecular formula is C6H13NO. The fraction of sp³-hybridized carbons (Fsp3) is 0.667. The molecule has 0 bridgehead atoms. The molecule has 2 heteroatoms. The van der Waals surface area contributed by atoms with E-state index in [-0.39, 0.29) is 10.6 Å². The summed E-state index contributed by atoms with van der Waals surface area (Å²) < 4.78 is 0. The van der Waals surface area contributed by atoms with Gasteiger partial charge in [-0.05, 0) is 27.4 Å². The number of quaternary nitrogens is 1. The maximum atomic E-state index is 10.7. The van der Waals surface area contributed by atoms with E-state index in [0.29, 0.717) is 0 Å². The third kappa shape index (κ3) is 2.09. The fourth-order valence-corrected chi connectivity index (χ4v) is 0.306. The molecule has 8 heavy (non-hydrogen) atoms. The second-order valence-corrected chi connectivity index (χ2v) is 2.82. The highest BCUT2D eigenvalue weighted by atomic mass is 16.5. The third-order valence-corrected chi connectivity index (χ3v) is 0.925. The number of hydrogen-bond donors (Lipinski definition) is 1. The van der Waals surface area contributed by atoms with Gasteiger partial charge in [0.1, 0.15) is 0 Å². The highest BCUT2D eigenvalue weighted by Crippen LogP contribution is 1.90. The summed E-state index contributed by atoms with van der Waals surface area (Å²) in [5.74, 6) is 0. The lowest BCUT2D eigenvalue weighted by atomic mass is 10.1. The second-order valence-electron chi connectivity index (χ2n) is 2.82. The molecule has 1 unspecified atom stereocenters. The fourth-order valence-electron chi connectivity index (χ4n) is 0.306.